The van der Waals surface area contributed by atoms with Crippen molar-refractivity contribution in [1.82, 2.24) is 0 Å². The zero-order valence-corrected chi connectivity index (χ0v) is 13.4. The maximum absolute atomic E-state index is 5.74. The predicted octanol–water partition coefficient (Wildman–Crippen LogP) is 5.32. The molecule has 1 rings (SSSR count). The first kappa shape index (κ1) is 15.6. The van der Waals surface area contributed by atoms with Crippen LogP contribution in [0.2, 0.25) is 0 Å². The second-order valence-electron chi connectivity index (χ2n) is 5.36. The lowest BCUT2D eigenvalue weighted by atomic mass is 9.82. The highest BCUT2D eigenvalue weighted by Gasteiger charge is 2.17. The summed E-state index contributed by atoms with van der Waals surface area (Å²) < 4.78 is 5.74. The molecule has 0 amide bonds. The van der Waals surface area contributed by atoms with E-state index in [2.05, 4.69) is 61.0 Å². The van der Waals surface area contributed by atoms with E-state index in [1.807, 2.05) is 0 Å². The average Bonchev–Trinajstić information content (AvgIpc) is 2.39. The molecule has 2 heteroatoms. The first-order chi connectivity index (χ1) is 8.60. The molecule has 0 unspecified atom stereocenters. The van der Waals surface area contributed by atoms with Crippen LogP contribution in [0, 0.1) is 0 Å². The number of rotatable bonds is 8. The van der Waals surface area contributed by atoms with Crippen LogP contribution in [0.15, 0.2) is 24.3 Å². The molecule has 18 heavy (non-hydrogen) atoms. The topological polar surface area (TPSA) is 9.23 Å². The predicted molar refractivity (Wildman–Crippen MR) is 82.9 cm³/mol. The van der Waals surface area contributed by atoms with Crippen molar-refractivity contribution in [3.05, 3.63) is 29.8 Å². The molecule has 0 aliphatic heterocycles. The molecule has 0 heterocycles. The summed E-state index contributed by atoms with van der Waals surface area (Å²) in [4.78, 5) is 0. The van der Waals surface area contributed by atoms with E-state index in [9.17, 15) is 0 Å². The maximum atomic E-state index is 5.74. The molecule has 0 bridgehead atoms. The second kappa shape index (κ2) is 7.83. The van der Waals surface area contributed by atoms with Crippen molar-refractivity contribution in [2.24, 2.45) is 0 Å². The Hall–Kier alpha value is -0.500. The van der Waals surface area contributed by atoms with Gasteiger partial charge in [0, 0.05) is 5.33 Å². The van der Waals surface area contributed by atoms with Crippen molar-refractivity contribution in [3.63, 3.8) is 0 Å². The van der Waals surface area contributed by atoms with Gasteiger partial charge in [0.1, 0.15) is 5.75 Å². The second-order valence-corrected chi connectivity index (χ2v) is 6.15. The number of alkyl halides is 1. The highest BCUT2D eigenvalue weighted by molar-refractivity contribution is 9.09. The Morgan fingerprint density at radius 1 is 1.06 bits per heavy atom. The van der Waals surface area contributed by atoms with Crippen LogP contribution in [-0.4, -0.2) is 11.9 Å². The molecule has 1 aromatic rings. The molecule has 1 nitrogen and oxygen atoms in total. The number of benzene rings is 1. The Bertz CT molecular complexity index is 329. The third-order valence-corrected chi connectivity index (χ3v) is 4.13. The third-order valence-electron chi connectivity index (χ3n) is 3.57. The third kappa shape index (κ3) is 5.01. The summed E-state index contributed by atoms with van der Waals surface area (Å²) in [5.41, 5.74) is 1.64. The van der Waals surface area contributed by atoms with E-state index in [1.54, 1.807) is 0 Å². The van der Waals surface area contributed by atoms with Crippen LogP contribution in [-0.2, 0) is 5.41 Å². The summed E-state index contributed by atoms with van der Waals surface area (Å²) in [7, 11) is 0. The summed E-state index contributed by atoms with van der Waals surface area (Å²) >= 11 is 3.44. The monoisotopic (exact) mass is 312 g/mol. The zero-order chi connectivity index (χ0) is 13.4. The zero-order valence-electron chi connectivity index (χ0n) is 11.8. The van der Waals surface area contributed by atoms with E-state index in [0.29, 0.717) is 0 Å². The largest absolute Gasteiger partial charge is 0.494 e. The molecule has 0 saturated heterocycles. The minimum absolute atomic E-state index is 0.258. The number of ether oxygens (including phenoxy) is 1. The fourth-order valence-corrected chi connectivity index (χ4v) is 2.17. The Morgan fingerprint density at radius 2 is 1.72 bits per heavy atom. The van der Waals surface area contributed by atoms with Crippen molar-refractivity contribution in [2.75, 3.05) is 11.9 Å². The molecule has 0 aliphatic rings. The van der Waals surface area contributed by atoms with Crippen LogP contribution >= 0.6 is 15.9 Å². The van der Waals surface area contributed by atoms with Crippen molar-refractivity contribution in [3.8, 4) is 5.75 Å². The number of hydrogen-bond acceptors (Lipinski definition) is 1. The Morgan fingerprint density at radius 3 is 2.28 bits per heavy atom. The van der Waals surface area contributed by atoms with Gasteiger partial charge in [-0.3, -0.25) is 0 Å². The van der Waals surface area contributed by atoms with E-state index in [0.717, 1.165) is 30.5 Å². The van der Waals surface area contributed by atoms with Gasteiger partial charge in [-0.15, -0.1) is 0 Å². The van der Waals surface area contributed by atoms with E-state index >= 15 is 0 Å². The van der Waals surface area contributed by atoms with Gasteiger partial charge in [-0.1, -0.05) is 48.8 Å². The van der Waals surface area contributed by atoms with Crippen LogP contribution in [0.3, 0.4) is 0 Å². The number of hydrogen-bond donors (Lipinski definition) is 0. The lowest BCUT2D eigenvalue weighted by molar-refractivity contribution is 0.306. The highest BCUT2D eigenvalue weighted by Crippen LogP contribution is 2.28. The van der Waals surface area contributed by atoms with Gasteiger partial charge in [0.25, 0.3) is 0 Å². The van der Waals surface area contributed by atoms with Gasteiger partial charge in [0.15, 0.2) is 0 Å². The summed E-state index contributed by atoms with van der Waals surface area (Å²) in [5.74, 6) is 0.990. The first-order valence-electron chi connectivity index (χ1n) is 6.89. The summed E-state index contributed by atoms with van der Waals surface area (Å²) in [6.45, 7) is 7.62. The quantitative estimate of drug-likeness (QED) is 0.466. The highest BCUT2D eigenvalue weighted by atomic mass is 79.9. The molecule has 0 aromatic heterocycles. The molecule has 0 fully saturated rings. The van der Waals surface area contributed by atoms with Gasteiger partial charge in [-0.05, 0) is 48.8 Å². The van der Waals surface area contributed by atoms with Crippen LogP contribution < -0.4 is 4.74 Å². The van der Waals surface area contributed by atoms with E-state index < -0.39 is 0 Å². The Labute approximate surface area is 120 Å². The van der Waals surface area contributed by atoms with Gasteiger partial charge in [0.2, 0.25) is 0 Å². The van der Waals surface area contributed by atoms with E-state index in [1.165, 1.54) is 18.4 Å². The molecule has 0 atom stereocenters. The van der Waals surface area contributed by atoms with Crippen LogP contribution in [0.5, 0.6) is 5.75 Å². The summed E-state index contributed by atoms with van der Waals surface area (Å²) in [6, 6.07) is 8.57. The van der Waals surface area contributed by atoms with Crippen molar-refractivity contribution in [1.29, 1.82) is 0 Å². The average molecular weight is 313 g/mol. The lowest BCUT2D eigenvalue weighted by Crippen LogP contribution is -2.15. The molecular formula is C16H25BrO. The van der Waals surface area contributed by atoms with Crippen molar-refractivity contribution < 1.29 is 4.74 Å². The molecule has 1 aromatic carbocycles. The van der Waals surface area contributed by atoms with Gasteiger partial charge >= 0.3 is 0 Å². The van der Waals surface area contributed by atoms with Crippen LogP contribution in [0.25, 0.3) is 0 Å². The van der Waals surface area contributed by atoms with Crippen molar-refractivity contribution in [2.45, 2.75) is 51.9 Å². The molecule has 102 valence electrons. The summed E-state index contributed by atoms with van der Waals surface area (Å²) in [6.07, 6.45) is 4.74. The smallest absolute Gasteiger partial charge is 0.119 e. The summed E-state index contributed by atoms with van der Waals surface area (Å²) in [5, 5.41) is 1.09. The molecule has 0 saturated carbocycles. The maximum Gasteiger partial charge on any atom is 0.119 e. The Balaban J connectivity index is 2.41. The van der Waals surface area contributed by atoms with Crippen LogP contribution in [0.1, 0.15) is 52.0 Å². The number of unbranched alkanes of at least 4 members (excludes halogenated alkanes) is 2. The van der Waals surface area contributed by atoms with Crippen LogP contribution in [0.4, 0.5) is 0 Å². The lowest BCUT2D eigenvalue weighted by Gasteiger charge is -2.23. The first-order valence-corrected chi connectivity index (χ1v) is 8.01. The van der Waals surface area contributed by atoms with Gasteiger partial charge < -0.3 is 4.74 Å². The SMILES string of the molecule is CCC(C)(C)c1ccc(OCCCCCBr)cc1. The van der Waals surface area contributed by atoms with Gasteiger partial charge in [-0.2, -0.15) is 0 Å². The normalized spacial score (nSPS) is 11.6. The Kier molecular flexibility index (Phi) is 6.77. The fraction of sp³-hybridized carbons (Fsp3) is 0.625. The standard InChI is InChI=1S/C16H25BrO/c1-4-16(2,3)14-8-10-15(11-9-14)18-13-7-5-6-12-17/h8-11H,4-7,12-13H2,1-3H3. The van der Waals surface area contributed by atoms with Crippen molar-refractivity contribution >= 4 is 15.9 Å². The molecule has 0 aliphatic carbocycles. The van der Waals surface area contributed by atoms with E-state index in [-0.39, 0.29) is 5.41 Å². The molecule has 0 radical (unpaired) electrons. The minimum Gasteiger partial charge on any atom is -0.494 e. The molecule has 0 spiro atoms. The molecule has 0 N–H and O–H groups in total. The fourth-order valence-electron chi connectivity index (χ4n) is 1.77. The number of halogens is 1. The molecular weight excluding hydrogens is 288 g/mol. The van der Waals surface area contributed by atoms with Gasteiger partial charge in [-0.25, -0.2) is 0 Å². The van der Waals surface area contributed by atoms with E-state index in [4.69, 9.17) is 4.74 Å². The minimum atomic E-state index is 0.258. The van der Waals surface area contributed by atoms with Gasteiger partial charge in [0.05, 0.1) is 6.61 Å².